The fourth-order valence-electron chi connectivity index (χ4n) is 2.84. The van der Waals surface area contributed by atoms with Crippen LogP contribution in [-0.4, -0.2) is 15.7 Å². The number of aryl methyl sites for hydroxylation is 1. The lowest BCUT2D eigenvalue weighted by Gasteiger charge is -2.08. The molecule has 6 heteroatoms. The number of amides is 1. The van der Waals surface area contributed by atoms with Gasteiger partial charge in [-0.05, 0) is 53.5 Å². The first-order chi connectivity index (χ1) is 12.5. The first-order valence-corrected chi connectivity index (χ1v) is 9.05. The minimum atomic E-state index is -0.387. The number of nitrogens with zero attached hydrogens (tertiary/aromatic N) is 2. The summed E-state index contributed by atoms with van der Waals surface area (Å²) in [7, 11) is 0. The van der Waals surface area contributed by atoms with E-state index in [0.29, 0.717) is 23.1 Å². The third-order valence-corrected chi connectivity index (χ3v) is 4.96. The molecule has 1 N–H and O–H groups in total. The molecule has 0 saturated carbocycles. The predicted octanol–water partition coefficient (Wildman–Crippen LogP) is 4.38. The van der Waals surface area contributed by atoms with Gasteiger partial charge in [0.25, 0.3) is 5.91 Å². The minimum Gasteiger partial charge on any atom is -0.348 e. The molecule has 0 bridgehead atoms. The van der Waals surface area contributed by atoms with Gasteiger partial charge in [0.05, 0.1) is 17.8 Å². The number of carbonyl (C=O) groups is 1. The Kier molecular flexibility index (Phi) is 5.52. The Morgan fingerprint density at radius 1 is 1.19 bits per heavy atom. The minimum absolute atomic E-state index is 0.258. The van der Waals surface area contributed by atoms with Crippen LogP contribution in [0.15, 0.2) is 53.0 Å². The highest BCUT2D eigenvalue weighted by Crippen LogP contribution is 2.19. The van der Waals surface area contributed by atoms with Crippen molar-refractivity contribution in [1.82, 2.24) is 15.1 Å². The van der Waals surface area contributed by atoms with Crippen molar-refractivity contribution in [2.45, 2.75) is 26.9 Å². The highest BCUT2D eigenvalue weighted by atomic mass is 79.9. The molecule has 0 fully saturated rings. The van der Waals surface area contributed by atoms with Gasteiger partial charge < -0.3 is 5.32 Å². The quantitative estimate of drug-likeness (QED) is 0.671. The Hall–Kier alpha value is -2.47. The van der Waals surface area contributed by atoms with Crippen LogP contribution in [0.5, 0.6) is 0 Å². The smallest absolute Gasteiger partial charge is 0.252 e. The van der Waals surface area contributed by atoms with Gasteiger partial charge in [0.1, 0.15) is 5.82 Å². The molecule has 0 unspecified atom stereocenters. The Labute approximate surface area is 160 Å². The maximum atomic E-state index is 13.2. The van der Waals surface area contributed by atoms with E-state index in [1.807, 2.05) is 36.7 Å². The van der Waals surface area contributed by atoms with E-state index in [1.165, 1.54) is 23.8 Å². The molecule has 0 atom stereocenters. The van der Waals surface area contributed by atoms with Crippen LogP contribution in [0, 0.1) is 19.7 Å². The Balaban J connectivity index is 1.73. The third kappa shape index (κ3) is 4.02. The van der Waals surface area contributed by atoms with Crippen molar-refractivity contribution in [3.63, 3.8) is 0 Å². The van der Waals surface area contributed by atoms with Crippen molar-refractivity contribution < 1.29 is 9.18 Å². The number of aromatic nitrogens is 2. The first-order valence-electron chi connectivity index (χ1n) is 8.25. The zero-order valence-corrected chi connectivity index (χ0v) is 16.2. The summed E-state index contributed by atoms with van der Waals surface area (Å²) in [6.45, 7) is 4.99. The number of hydrogen-bond donors (Lipinski definition) is 1. The molecule has 0 saturated heterocycles. The van der Waals surface area contributed by atoms with Crippen LogP contribution in [0.4, 0.5) is 4.39 Å². The van der Waals surface area contributed by atoms with Gasteiger partial charge in [0.15, 0.2) is 0 Å². The van der Waals surface area contributed by atoms with Crippen molar-refractivity contribution in [3.8, 4) is 0 Å². The molecular formula is C20H19BrFN3O. The Bertz CT molecular complexity index is 938. The molecule has 26 heavy (non-hydrogen) atoms. The van der Waals surface area contributed by atoms with Crippen LogP contribution >= 0.6 is 15.9 Å². The van der Waals surface area contributed by atoms with E-state index in [1.54, 1.807) is 0 Å². The maximum Gasteiger partial charge on any atom is 0.252 e. The molecule has 0 aliphatic carbocycles. The van der Waals surface area contributed by atoms with E-state index < -0.39 is 0 Å². The van der Waals surface area contributed by atoms with Crippen molar-refractivity contribution in [2.24, 2.45) is 0 Å². The van der Waals surface area contributed by atoms with Gasteiger partial charge in [-0.3, -0.25) is 9.48 Å². The van der Waals surface area contributed by atoms with Gasteiger partial charge in [-0.15, -0.1) is 0 Å². The topological polar surface area (TPSA) is 46.9 Å². The number of halogens is 2. The number of nitrogens with one attached hydrogen (secondary N) is 1. The van der Waals surface area contributed by atoms with Crippen LogP contribution in [-0.2, 0) is 13.1 Å². The number of rotatable bonds is 5. The lowest BCUT2D eigenvalue weighted by Crippen LogP contribution is -2.24. The lowest BCUT2D eigenvalue weighted by atomic mass is 10.1. The average Bonchev–Trinajstić information content (AvgIpc) is 2.87. The van der Waals surface area contributed by atoms with Crippen molar-refractivity contribution >= 4 is 21.8 Å². The van der Waals surface area contributed by atoms with Crippen LogP contribution < -0.4 is 5.32 Å². The van der Waals surface area contributed by atoms with E-state index in [0.717, 1.165) is 17.0 Å². The van der Waals surface area contributed by atoms with E-state index in [4.69, 9.17) is 0 Å². The summed E-state index contributed by atoms with van der Waals surface area (Å²) in [6.07, 6.45) is 0. The van der Waals surface area contributed by atoms with Crippen LogP contribution in [0.3, 0.4) is 0 Å². The molecule has 1 amide bonds. The SMILES string of the molecule is Cc1nn(Cc2ccccc2)c(C)c1CNC(=O)c1ccc(F)cc1Br. The summed E-state index contributed by atoms with van der Waals surface area (Å²) in [5.41, 5.74) is 4.47. The van der Waals surface area contributed by atoms with E-state index >= 15 is 0 Å². The molecule has 3 rings (SSSR count). The third-order valence-electron chi connectivity index (χ3n) is 4.31. The van der Waals surface area contributed by atoms with Crippen molar-refractivity contribution in [2.75, 3.05) is 0 Å². The van der Waals surface area contributed by atoms with Crippen LogP contribution in [0.25, 0.3) is 0 Å². The summed E-state index contributed by atoms with van der Waals surface area (Å²) in [5, 5.41) is 7.48. The highest BCUT2D eigenvalue weighted by Gasteiger charge is 2.15. The molecule has 1 aromatic heterocycles. The van der Waals surface area contributed by atoms with Gasteiger partial charge in [0.2, 0.25) is 0 Å². The largest absolute Gasteiger partial charge is 0.348 e. The lowest BCUT2D eigenvalue weighted by molar-refractivity contribution is 0.0950. The van der Waals surface area contributed by atoms with E-state index in [2.05, 4.69) is 38.5 Å². The molecule has 3 aromatic rings. The molecule has 2 aromatic carbocycles. The average molecular weight is 416 g/mol. The van der Waals surface area contributed by atoms with Gasteiger partial charge in [0, 0.05) is 22.3 Å². The zero-order valence-electron chi connectivity index (χ0n) is 14.6. The second-order valence-corrected chi connectivity index (χ2v) is 6.95. The summed E-state index contributed by atoms with van der Waals surface area (Å²) >= 11 is 3.23. The van der Waals surface area contributed by atoms with Gasteiger partial charge in [-0.25, -0.2) is 4.39 Å². The van der Waals surface area contributed by atoms with Gasteiger partial charge >= 0.3 is 0 Å². The Morgan fingerprint density at radius 3 is 2.62 bits per heavy atom. The molecule has 0 aliphatic rings. The van der Waals surface area contributed by atoms with E-state index in [-0.39, 0.29) is 11.7 Å². The first kappa shape index (κ1) is 18.3. The van der Waals surface area contributed by atoms with E-state index in [9.17, 15) is 9.18 Å². The predicted molar refractivity (Wildman–Crippen MR) is 103 cm³/mol. The standard InChI is InChI=1S/C20H19BrFN3O/c1-13-18(11-23-20(26)17-9-8-16(22)10-19(17)21)14(2)25(24-13)12-15-6-4-3-5-7-15/h3-10H,11-12H2,1-2H3,(H,23,26). The molecule has 1 heterocycles. The molecule has 0 spiro atoms. The number of hydrogen-bond acceptors (Lipinski definition) is 2. The fraction of sp³-hybridized carbons (Fsp3) is 0.200. The second kappa shape index (κ2) is 7.83. The number of benzene rings is 2. The van der Waals surface area contributed by atoms with Gasteiger partial charge in [-0.1, -0.05) is 30.3 Å². The molecule has 0 aliphatic heterocycles. The van der Waals surface area contributed by atoms with Crippen molar-refractivity contribution in [1.29, 1.82) is 0 Å². The van der Waals surface area contributed by atoms with Crippen LogP contribution in [0.2, 0.25) is 0 Å². The molecule has 134 valence electrons. The Morgan fingerprint density at radius 2 is 1.92 bits per heavy atom. The maximum absolute atomic E-state index is 13.2. The normalized spacial score (nSPS) is 10.8. The highest BCUT2D eigenvalue weighted by molar-refractivity contribution is 9.10. The fourth-order valence-corrected chi connectivity index (χ4v) is 3.37. The van der Waals surface area contributed by atoms with Crippen molar-refractivity contribution in [3.05, 3.63) is 86.9 Å². The monoisotopic (exact) mass is 415 g/mol. The summed E-state index contributed by atoms with van der Waals surface area (Å²) < 4.78 is 15.6. The molecule has 0 radical (unpaired) electrons. The summed E-state index contributed by atoms with van der Waals surface area (Å²) in [6, 6.07) is 14.1. The molecular weight excluding hydrogens is 397 g/mol. The zero-order chi connectivity index (χ0) is 18.7. The summed E-state index contributed by atoms with van der Waals surface area (Å²) in [4.78, 5) is 12.4. The van der Waals surface area contributed by atoms with Gasteiger partial charge in [-0.2, -0.15) is 5.10 Å². The van der Waals surface area contributed by atoms with Crippen LogP contribution in [0.1, 0.15) is 32.9 Å². The second-order valence-electron chi connectivity index (χ2n) is 6.10. The number of carbonyl (C=O) groups excluding carboxylic acids is 1. The summed E-state index contributed by atoms with van der Waals surface area (Å²) in [5.74, 6) is -0.645. The molecule has 4 nitrogen and oxygen atoms in total.